The van der Waals surface area contributed by atoms with Crippen LogP contribution in [0.15, 0.2) is 54.3 Å². The molecule has 0 spiro atoms. The van der Waals surface area contributed by atoms with Gasteiger partial charge in [0.25, 0.3) is 0 Å². The average Bonchev–Trinajstić information content (AvgIpc) is 3.42. The van der Waals surface area contributed by atoms with Crippen molar-refractivity contribution in [3.8, 4) is 11.3 Å². The Balaban J connectivity index is 0.000000296. The molecule has 0 atom stereocenters. The number of aliphatic hydroxyl groups excluding tert-OH is 1. The van der Waals surface area contributed by atoms with E-state index in [4.69, 9.17) is 4.98 Å². The van der Waals surface area contributed by atoms with Crippen LogP contribution in [0.2, 0.25) is 0 Å². The first-order valence-electron chi connectivity index (χ1n) is 15.0. The molecule has 4 heteroatoms. The van der Waals surface area contributed by atoms with E-state index in [1.807, 2.05) is 55.4 Å². The van der Waals surface area contributed by atoms with Crippen LogP contribution in [0.25, 0.3) is 22.2 Å². The Labute approximate surface area is 262 Å². The zero-order chi connectivity index (χ0) is 29.8. The van der Waals surface area contributed by atoms with Crippen LogP contribution in [0.5, 0.6) is 0 Å². The number of aryl methyl sites for hydroxylation is 2. The molecule has 0 amide bonds. The van der Waals surface area contributed by atoms with E-state index in [-0.39, 0.29) is 48.9 Å². The summed E-state index contributed by atoms with van der Waals surface area (Å²) < 4.78 is 0. The second-order valence-electron chi connectivity index (χ2n) is 13.5. The molecule has 3 aromatic rings. The van der Waals surface area contributed by atoms with Crippen molar-refractivity contribution in [1.29, 1.82) is 0 Å². The van der Waals surface area contributed by atoms with Crippen molar-refractivity contribution in [2.24, 2.45) is 22.7 Å². The smallest absolute Gasteiger partial charge is 0.164 e. The van der Waals surface area contributed by atoms with E-state index < -0.39 is 5.41 Å². The minimum atomic E-state index is -0.430. The topological polar surface area (TPSA) is 50.2 Å². The number of hydrogen-bond donors (Lipinski definition) is 1. The molecule has 1 fully saturated rings. The van der Waals surface area contributed by atoms with Crippen molar-refractivity contribution in [1.82, 2.24) is 4.98 Å². The number of carbonyl (C=O) groups is 1. The fraction of sp³-hybridized carbons (Fsp3) is 0.514. The third-order valence-corrected chi connectivity index (χ3v) is 9.42. The largest absolute Gasteiger partial charge is 0.512 e. The van der Waals surface area contributed by atoms with Crippen LogP contribution in [-0.4, -0.2) is 15.9 Å². The minimum Gasteiger partial charge on any atom is -0.512 e. The fourth-order valence-corrected chi connectivity index (χ4v) is 5.02. The van der Waals surface area contributed by atoms with Gasteiger partial charge in [0.2, 0.25) is 0 Å². The third-order valence-electron chi connectivity index (χ3n) is 9.42. The second kappa shape index (κ2) is 14.3. The van der Waals surface area contributed by atoms with Gasteiger partial charge in [-0.05, 0) is 47.9 Å². The Morgan fingerprint density at radius 1 is 0.951 bits per heavy atom. The van der Waals surface area contributed by atoms with Gasteiger partial charge >= 0.3 is 0 Å². The van der Waals surface area contributed by atoms with E-state index in [0.29, 0.717) is 5.92 Å². The molecule has 1 aliphatic carbocycles. The SMILES string of the molecule is CC(C)C(C)(C)C(=O)/C=C(\O)C(C)(C)C(C)C.Cc1[c-]c(-c2cc(C3CCCC3)c3ccccc3n2)cc(C)c1.[Ir]. The van der Waals surface area contributed by atoms with Crippen LogP contribution in [0.3, 0.4) is 0 Å². The van der Waals surface area contributed by atoms with Crippen molar-refractivity contribution in [2.75, 3.05) is 0 Å². The molecule has 3 nitrogen and oxygen atoms in total. The molecule has 1 aromatic heterocycles. The summed E-state index contributed by atoms with van der Waals surface area (Å²) in [5.41, 5.74) is 6.44. The number of allylic oxidation sites excluding steroid dienone is 2. The second-order valence-corrected chi connectivity index (χ2v) is 13.5. The van der Waals surface area contributed by atoms with E-state index in [1.54, 1.807) is 0 Å². The van der Waals surface area contributed by atoms with Crippen molar-refractivity contribution >= 4 is 16.7 Å². The first kappa shape index (κ1) is 34.9. The van der Waals surface area contributed by atoms with Gasteiger partial charge in [0.1, 0.15) is 5.76 Å². The summed E-state index contributed by atoms with van der Waals surface area (Å²) in [5, 5.41) is 11.4. The molecule has 1 saturated carbocycles. The van der Waals surface area contributed by atoms with Crippen molar-refractivity contribution in [3.63, 3.8) is 0 Å². The summed E-state index contributed by atoms with van der Waals surface area (Å²) in [7, 11) is 0. The van der Waals surface area contributed by atoms with Gasteiger partial charge in [0, 0.05) is 42.4 Å². The maximum absolute atomic E-state index is 12.1. The van der Waals surface area contributed by atoms with Gasteiger partial charge in [-0.2, -0.15) is 0 Å². The van der Waals surface area contributed by atoms with Crippen LogP contribution in [0.4, 0.5) is 0 Å². The van der Waals surface area contributed by atoms with Gasteiger partial charge in [-0.25, -0.2) is 0 Å². The van der Waals surface area contributed by atoms with Crippen molar-refractivity contribution < 1.29 is 30.0 Å². The molecule has 0 saturated heterocycles. The molecule has 1 N–H and O–H groups in total. The number of ketones is 1. The Morgan fingerprint density at radius 3 is 2.10 bits per heavy atom. The van der Waals surface area contributed by atoms with Crippen LogP contribution in [0.1, 0.15) is 104 Å². The number of fused-ring (bicyclic) bond motifs is 1. The van der Waals surface area contributed by atoms with E-state index in [0.717, 1.165) is 16.8 Å². The number of nitrogens with zero attached hydrogens (tertiary/aromatic N) is 1. The molecule has 2 aromatic carbocycles. The molecule has 1 aliphatic rings. The number of hydrogen-bond acceptors (Lipinski definition) is 3. The predicted molar refractivity (Wildman–Crippen MR) is 170 cm³/mol. The predicted octanol–water partition coefficient (Wildman–Crippen LogP) is 10.3. The molecule has 1 radical (unpaired) electrons. The molecular formula is C37H50IrNO2-. The van der Waals surface area contributed by atoms with E-state index in [2.05, 4.69) is 62.4 Å². The van der Waals surface area contributed by atoms with Crippen molar-refractivity contribution in [3.05, 3.63) is 77.1 Å². The molecule has 225 valence electrons. The molecule has 4 rings (SSSR count). The van der Waals surface area contributed by atoms with Crippen LogP contribution in [0, 0.1) is 42.6 Å². The molecule has 41 heavy (non-hydrogen) atoms. The number of aliphatic hydroxyl groups is 1. The fourth-order valence-electron chi connectivity index (χ4n) is 5.02. The summed E-state index contributed by atoms with van der Waals surface area (Å²) in [4.78, 5) is 17.1. The number of carbonyl (C=O) groups excluding carboxylic acids is 1. The maximum Gasteiger partial charge on any atom is 0.164 e. The summed E-state index contributed by atoms with van der Waals surface area (Å²) >= 11 is 0. The van der Waals surface area contributed by atoms with Crippen LogP contribution >= 0.6 is 0 Å². The monoisotopic (exact) mass is 733 g/mol. The third kappa shape index (κ3) is 8.39. The van der Waals surface area contributed by atoms with E-state index in [1.165, 1.54) is 53.8 Å². The number of aromatic nitrogens is 1. The summed E-state index contributed by atoms with van der Waals surface area (Å²) in [5.74, 6) is 1.41. The zero-order valence-corrected chi connectivity index (χ0v) is 29.2. The zero-order valence-electron chi connectivity index (χ0n) is 26.8. The van der Waals surface area contributed by atoms with Gasteiger partial charge in [-0.15, -0.1) is 34.9 Å². The Bertz CT molecular complexity index is 1340. The first-order valence-corrected chi connectivity index (χ1v) is 15.0. The summed E-state index contributed by atoms with van der Waals surface area (Å²) in [6.07, 6.45) is 6.74. The summed E-state index contributed by atoms with van der Waals surface area (Å²) in [6.45, 7) is 20.1. The Kier molecular flexibility index (Phi) is 12.1. The number of para-hydroxylation sites is 1. The number of benzene rings is 2. The molecule has 0 bridgehead atoms. The van der Waals surface area contributed by atoms with Crippen molar-refractivity contribution in [2.45, 2.75) is 101 Å². The minimum absolute atomic E-state index is 0. The first-order chi connectivity index (χ1) is 18.6. The van der Waals surface area contributed by atoms with Gasteiger partial charge < -0.3 is 5.11 Å². The van der Waals surface area contributed by atoms with E-state index in [9.17, 15) is 9.90 Å². The molecule has 1 heterocycles. The maximum atomic E-state index is 12.1. The van der Waals surface area contributed by atoms with Crippen LogP contribution < -0.4 is 0 Å². The van der Waals surface area contributed by atoms with Gasteiger partial charge in [0.15, 0.2) is 5.78 Å². The Morgan fingerprint density at radius 2 is 1.54 bits per heavy atom. The Hall–Kier alpha value is -2.29. The van der Waals surface area contributed by atoms with Gasteiger partial charge in [-0.3, -0.25) is 9.78 Å². The average molecular weight is 733 g/mol. The molecule has 0 aliphatic heterocycles. The number of pyridine rings is 1. The normalized spacial score (nSPS) is 14.7. The quantitative estimate of drug-likeness (QED) is 0.150. The number of rotatable bonds is 7. The van der Waals surface area contributed by atoms with E-state index >= 15 is 0 Å². The van der Waals surface area contributed by atoms with Gasteiger partial charge in [-0.1, -0.05) is 106 Å². The standard InChI is InChI=1S/C22H22N.C15H28O2.Ir/c1-15-11-16(2)13-18(12-15)22-14-20(17-7-3-4-8-17)19-9-5-6-10-21(19)23-22;1-10(2)14(5,6)12(16)9-13(17)15(7,8)11(3)4;/h5-6,9-12,14,17H,3-4,7-8H2,1-2H3;9-11,16H,1-8H3;/q-1;;/b;12-9-;. The molecule has 0 unspecified atom stereocenters. The summed E-state index contributed by atoms with van der Waals surface area (Å²) in [6, 6.07) is 18.8. The van der Waals surface area contributed by atoms with Gasteiger partial charge in [0.05, 0.1) is 5.52 Å². The van der Waals surface area contributed by atoms with Crippen LogP contribution in [-0.2, 0) is 24.9 Å². The molecular weight excluding hydrogens is 683 g/mol.